The Hall–Kier alpha value is -1.05. The van der Waals surface area contributed by atoms with Crippen LogP contribution in [0.5, 0.6) is 0 Å². The van der Waals surface area contributed by atoms with Gasteiger partial charge in [-0.15, -0.1) is 6.58 Å². The minimum absolute atomic E-state index is 0.623. The van der Waals surface area contributed by atoms with Crippen molar-refractivity contribution < 1.29 is 4.79 Å². The van der Waals surface area contributed by atoms with Crippen molar-refractivity contribution in [1.29, 1.82) is 0 Å². The minimum Gasteiger partial charge on any atom is -0.338 e. The van der Waals surface area contributed by atoms with Crippen LogP contribution in [-0.2, 0) is 4.79 Å². The van der Waals surface area contributed by atoms with Crippen LogP contribution in [0.3, 0.4) is 0 Å². The van der Waals surface area contributed by atoms with Gasteiger partial charge in [-0.3, -0.25) is 4.79 Å². The molecule has 0 aromatic rings. The van der Waals surface area contributed by atoms with Crippen LogP contribution in [0.1, 0.15) is 13.3 Å². The van der Waals surface area contributed by atoms with Crippen molar-refractivity contribution in [2.75, 3.05) is 13.1 Å². The van der Waals surface area contributed by atoms with E-state index in [1.54, 1.807) is 11.0 Å². The molecule has 62 valence electrons. The fourth-order valence-electron chi connectivity index (χ4n) is 0.703. The van der Waals surface area contributed by atoms with Crippen molar-refractivity contribution >= 4 is 6.41 Å². The second-order valence-electron chi connectivity index (χ2n) is 2.23. The first-order valence-corrected chi connectivity index (χ1v) is 3.80. The number of nitrogens with zero attached hydrogens (tertiary/aromatic N) is 1. The van der Waals surface area contributed by atoms with Crippen LogP contribution < -0.4 is 0 Å². The molecule has 0 aliphatic heterocycles. The molecule has 11 heavy (non-hydrogen) atoms. The van der Waals surface area contributed by atoms with E-state index in [1.807, 2.05) is 12.2 Å². The van der Waals surface area contributed by atoms with Crippen molar-refractivity contribution in [2.24, 2.45) is 0 Å². The second kappa shape index (κ2) is 7.06. The zero-order valence-electron chi connectivity index (χ0n) is 6.99. The Bertz CT molecular complexity index is 140. The highest BCUT2D eigenvalue weighted by molar-refractivity contribution is 5.47. The maximum absolute atomic E-state index is 10.3. The molecule has 0 bridgehead atoms. The molecule has 1 amide bonds. The highest BCUT2D eigenvalue weighted by Crippen LogP contribution is 1.86. The summed E-state index contributed by atoms with van der Waals surface area (Å²) in [5.74, 6) is 0. The van der Waals surface area contributed by atoms with E-state index in [0.717, 1.165) is 12.8 Å². The molecule has 2 nitrogen and oxygen atoms in total. The van der Waals surface area contributed by atoms with Crippen molar-refractivity contribution in [1.82, 2.24) is 4.90 Å². The van der Waals surface area contributed by atoms with Crippen LogP contribution in [-0.4, -0.2) is 24.4 Å². The lowest BCUT2D eigenvalue weighted by atomic mass is 10.4. The van der Waals surface area contributed by atoms with E-state index in [0.29, 0.717) is 13.1 Å². The summed E-state index contributed by atoms with van der Waals surface area (Å²) in [6.07, 6.45) is 7.59. The predicted molar refractivity (Wildman–Crippen MR) is 47.3 cm³/mol. The smallest absolute Gasteiger partial charge is 0.210 e. The summed E-state index contributed by atoms with van der Waals surface area (Å²) in [4.78, 5) is 12.0. The van der Waals surface area contributed by atoms with E-state index < -0.39 is 0 Å². The monoisotopic (exact) mass is 153 g/mol. The summed E-state index contributed by atoms with van der Waals surface area (Å²) >= 11 is 0. The molecule has 0 aromatic carbocycles. The first-order valence-electron chi connectivity index (χ1n) is 3.80. The van der Waals surface area contributed by atoms with E-state index in [2.05, 4.69) is 13.5 Å². The number of carbonyl (C=O) groups is 1. The normalized spacial score (nSPS) is 9.91. The van der Waals surface area contributed by atoms with Gasteiger partial charge in [-0.2, -0.15) is 0 Å². The third-order valence-corrected chi connectivity index (χ3v) is 1.25. The lowest BCUT2D eigenvalue weighted by molar-refractivity contribution is -0.117. The Morgan fingerprint density at radius 3 is 2.55 bits per heavy atom. The average molecular weight is 153 g/mol. The van der Waals surface area contributed by atoms with E-state index in [9.17, 15) is 4.79 Å². The van der Waals surface area contributed by atoms with Gasteiger partial charge in [0.1, 0.15) is 0 Å². The molecule has 0 heterocycles. The maximum Gasteiger partial charge on any atom is 0.210 e. The quantitative estimate of drug-likeness (QED) is 0.419. The molecule has 0 spiro atoms. The van der Waals surface area contributed by atoms with Crippen LogP contribution in [0, 0.1) is 0 Å². The summed E-state index contributed by atoms with van der Waals surface area (Å²) in [6.45, 7) is 6.92. The number of hydrogen-bond donors (Lipinski definition) is 0. The van der Waals surface area contributed by atoms with Gasteiger partial charge in [0.05, 0.1) is 0 Å². The molecule has 0 radical (unpaired) electrons. The van der Waals surface area contributed by atoms with E-state index in [-0.39, 0.29) is 0 Å². The first kappa shape index (κ1) is 9.95. The summed E-state index contributed by atoms with van der Waals surface area (Å²) < 4.78 is 0. The third kappa shape index (κ3) is 5.40. The molecule has 0 unspecified atom stereocenters. The highest BCUT2D eigenvalue weighted by atomic mass is 16.1. The Morgan fingerprint density at radius 2 is 2.09 bits per heavy atom. The molecular weight excluding hydrogens is 138 g/mol. The molecule has 0 rings (SSSR count). The van der Waals surface area contributed by atoms with E-state index >= 15 is 0 Å². The molecule has 0 aliphatic carbocycles. The van der Waals surface area contributed by atoms with Gasteiger partial charge < -0.3 is 4.90 Å². The third-order valence-electron chi connectivity index (χ3n) is 1.25. The summed E-state index contributed by atoms with van der Waals surface area (Å²) in [7, 11) is 0. The molecule has 0 saturated heterocycles. The van der Waals surface area contributed by atoms with Gasteiger partial charge in [0, 0.05) is 13.1 Å². The summed E-state index contributed by atoms with van der Waals surface area (Å²) in [5, 5.41) is 0. The Kier molecular flexibility index (Phi) is 6.39. The second-order valence-corrected chi connectivity index (χ2v) is 2.23. The molecule has 2 heteroatoms. The van der Waals surface area contributed by atoms with Gasteiger partial charge >= 0.3 is 0 Å². The maximum atomic E-state index is 10.3. The van der Waals surface area contributed by atoms with Crippen LogP contribution in [0.2, 0.25) is 0 Å². The number of rotatable bonds is 6. The molecule has 0 atom stereocenters. The standard InChI is InChI=1S/C9H15NO/c1-3-5-6-8-10(9-11)7-4-2/h4-6,9H,2-3,7-8H2,1H3. The average Bonchev–Trinajstić information content (AvgIpc) is 2.03. The number of allylic oxidation sites excluding steroid dienone is 1. The predicted octanol–water partition coefficient (Wildman–Crippen LogP) is 1.60. The van der Waals surface area contributed by atoms with Gasteiger partial charge in [-0.25, -0.2) is 0 Å². The van der Waals surface area contributed by atoms with Crippen molar-refractivity contribution in [3.05, 3.63) is 24.8 Å². The Balaban J connectivity index is 3.59. The van der Waals surface area contributed by atoms with E-state index in [4.69, 9.17) is 0 Å². The summed E-state index contributed by atoms with van der Waals surface area (Å²) in [6, 6.07) is 0. The van der Waals surface area contributed by atoms with Gasteiger partial charge in [-0.1, -0.05) is 25.2 Å². The largest absolute Gasteiger partial charge is 0.338 e. The zero-order chi connectivity index (χ0) is 8.53. The number of hydrogen-bond acceptors (Lipinski definition) is 1. The van der Waals surface area contributed by atoms with Gasteiger partial charge in [0.25, 0.3) is 0 Å². The fraction of sp³-hybridized carbons (Fsp3) is 0.444. The molecule has 0 aromatic heterocycles. The SMILES string of the molecule is C=CCN(C=O)CC=CCC. The highest BCUT2D eigenvalue weighted by Gasteiger charge is 1.92. The Morgan fingerprint density at radius 1 is 1.36 bits per heavy atom. The van der Waals surface area contributed by atoms with Gasteiger partial charge in [0.2, 0.25) is 6.41 Å². The lowest BCUT2D eigenvalue weighted by Crippen LogP contribution is -2.21. The van der Waals surface area contributed by atoms with Crippen LogP contribution in [0.25, 0.3) is 0 Å². The summed E-state index contributed by atoms with van der Waals surface area (Å²) in [5.41, 5.74) is 0. The van der Waals surface area contributed by atoms with E-state index in [1.165, 1.54) is 0 Å². The van der Waals surface area contributed by atoms with Crippen molar-refractivity contribution in [3.8, 4) is 0 Å². The molecule has 0 aliphatic rings. The van der Waals surface area contributed by atoms with Crippen molar-refractivity contribution in [3.63, 3.8) is 0 Å². The topological polar surface area (TPSA) is 20.3 Å². The zero-order valence-corrected chi connectivity index (χ0v) is 6.99. The molecule has 0 saturated carbocycles. The number of amides is 1. The van der Waals surface area contributed by atoms with Gasteiger partial charge in [-0.05, 0) is 6.42 Å². The number of carbonyl (C=O) groups excluding carboxylic acids is 1. The molecular formula is C9H15NO. The lowest BCUT2D eigenvalue weighted by Gasteiger charge is -2.10. The fourth-order valence-corrected chi connectivity index (χ4v) is 0.703. The Labute approximate surface area is 68.2 Å². The van der Waals surface area contributed by atoms with Crippen molar-refractivity contribution in [2.45, 2.75) is 13.3 Å². The van der Waals surface area contributed by atoms with Crippen LogP contribution in [0.15, 0.2) is 24.8 Å². The van der Waals surface area contributed by atoms with Crippen LogP contribution in [0.4, 0.5) is 0 Å². The first-order chi connectivity index (χ1) is 5.35. The minimum atomic E-state index is 0.623. The molecule has 0 fully saturated rings. The molecule has 0 N–H and O–H groups in total. The van der Waals surface area contributed by atoms with Gasteiger partial charge in [0.15, 0.2) is 0 Å². The van der Waals surface area contributed by atoms with Crippen LogP contribution >= 0.6 is 0 Å².